The molecule has 0 bridgehead atoms. The van der Waals surface area contributed by atoms with Crippen LogP contribution in [0.2, 0.25) is 0 Å². The van der Waals surface area contributed by atoms with Crippen molar-refractivity contribution in [3.05, 3.63) is 17.5 Å². The van der Waals surface area contributed by atoms with Gasteiger partial charge in [0.2, 0.25) is 0 Å². The monoisotopic (exact) mass is 266 g/mol. The molecule has 1 aromatic rings. The fourth-order valence-electron chi connectivity index (χ4n) is 2.67. The number of carbonyl (C=O) groups is 1. The van der Waals surface area contributed by atoms with E-state index in [9.17, 15) is 4.79 Å². The molecule has 0 amide bonds. The molecule has 2 rings (SSSR count). The Balaban J connectivity index is 1.87. The number of carboxylic acid groups (broad SMARTS) is 1. The van der Waals surface area contributed by atoms with Crippen molar-refractivity contribution < 1.29 is 14.4 Å². The summed E-state index contributed by atoms with van der Waals surface area (Å²) in [6.45, 7) is 9.60. The number of aromatic carboxylic acids is 1. The van der Waals surface area contributed by atoms with Crippen LogP contribution in [0.3, 0.4) is 0 Å². The Labute approximate surface area is 113 Å². The summed E-state index contributed by atoms with van der Waals surface area (Å²) < 4.78 is 5.05. The molecule has 1 saturated heterocycles. The van der Waals surface area contributed by atoms with Crippen molar-refractivity contribution in [2.75, 3.05) is 13.1 Å². The molecule has 1 N–H and O–H groups in total. The molecule has 5 heteroatoms. The number of likely N-dealkylation sites (tertiary alicyclic amines) is 1. The predicted molar refractivity (Wildman–Crippen MR) is 70.9 cm³/mol. The van der Waals surface area contributed by atoms with Gasteiger partial charge in [0, 0.05) is 6.07 Å². The summed E-state index contributed by atoms with van der Waals surface area (Å²) in [6, 6.07) is 1.51. The molecule has 1 fully saturated rings. The number of aromatic nitrogens is 1. The zero-order chi connectivity index (χ0) is 14.0. The Morgan fingerprint density at radius 3 is 2.58 bits per heavy atom. The van der Waals surface area contributed by atoms with Crippen molar-refractivity contribution in [2.24, 2.45) is 11.3 Å². The minimum Gasteiger partial charge on any atom is -0.476 e. The van der Waals surface area contributed by atoms with Crippen LogP contribution in [0.25, 0.3) is 0 Å². The second-order valence-corrected chi connectivity index (χ2v) is 6.40. The molecular formula is C14H22N2O3. The molecule has 1 aliphatic rings. The van der Waals surface area contributed by atoms with E-state index < -0.39 is 5.97 Å². The normalized spacial score (nSPS) is 18.7. The molecule has 106 valence electrons. The van der Waals surface area contributed by atoms with Crippen LogP contribution < -0.4 is 0 Å². The predicted octanol–water partition coefficient (Wildman–Crippen LogP) is 2.63. The van der Waals surface area contributed by atoms with Crippen molar-refractivity contribution in [1.82, 2.24) is 10.1 Å². The van der Waals surface area contributed by atoms with E-state index in [4.69, 9.17) is 9.63 Å². The van der Waals surface area contributed by atoms with E-state index in [0.717, 1.165) is 19.0 Å². The van der Waals surface area contributed by atoms with Gasteiger partial charge in [0.05, 0.1) is 6.54 Å². The molecule has 1 aromatic heterocycles. The maximum atomic E-state index is 10.7. The zero-order valence-corrected chi connectivity index (χ0v) is 11.8. The standard InChI is InChI=1S/C14H22N2O3/c1-14(2,3)10-4-6-16(7-5-10)9-11-8-12(13(17)18)15-19-11/h8,10H,4-7,9H2,1-3H3,(H,17,18). The second kappa shape index (κ2) is 5.33. The van der Waals surface area contributed by atoms with Gasteiger partial charge in [-0.3, -0.25) is 4.90 Å². The molecule has 0 radical (unpaired) electrons. The molecule has 5 nitrogen and oxygen atoms in total. The maximum Gasteiger partial charge on any atom is 0.358 e. The smallest absolute Gasteiger partial charge is 0.358 e. The number of hydrogen-bond acceptors (Lipinski definition) is 4. The molecule has 0 aromatic carbocycles. The third-order valence-corrected chi connectivity index (χ3v) is 3.97. The molecule has 0 atom stereocenters. The highest BCUT2D eigenvalue weighted by atomic mass is 16.5. The van der Waals surface area contributed by atoms with Gasteiger partial charge in [-0.1, -0.05) is 25.9 Å². The van der Waals surface area contributed by atoms with Crippen LogP contribution in [0.15, 0.2) is 10.6 Å². The van der Waals surface area contributed by atoms with Gasteiger partial charge in [0.1, 0.15) is 0 Å². The maximum absolute atomic E-state index is 10.7. The number of hydrogen-bond donors (Lipinski definition) is 1. The Kier molecular flexibility index (Phi) is 3.94. The van der Waals surface area contributed by atoms with Crippen LogP contribution >= 0.6 is 0 Å². The van der Waals surface area contributed by atoms with Gasteiger partial charge >= 0.3 is 5.97 Å². The van der Waals surface area contributed by atoms with E-state index in [1.54, 1.807) is 0 Å². The van der Waals surface area contributed by atoms with Crippen LogP contribution in [-0.4, -0.2) is 34.2 Å². The van der Waals surface area contributed by atoms with E-state index in [0.29, 0.717) is 17.7 Å². The lowest BCUT2D eigenvalue weighted by Gasteiger charge is -2.38. The first kappa shape index (κ1) is 14.1. The summed E-state index contributed by atoms with van der Waals surface area (Å²) in [7, 11) is 0. The fourth-order valence-corrected chi connectivity index (χ4v) is 2.67. The minimum atomic E-state index is -1.04. The third kappa shape index (κ3) is 3.56. The van der Waals surface area contributed by atoms with Crippen LogP contribution in [-0.2, 0) is 6.54 Å². The summed E-state index contributed by atoms with van der Waals surface area (Å²) in [5.74, 6) is 0.348. The van der Waals surface area contributed by atoms with Crippen LogP contribution in [0.5, 0.6) is 0 Å². The first-order valence-electron chi connectivity index (χ1n) is 6.77. The first-order valence-corrected chi connectivity index (χ1v) is 6.77. The van der Waals surface area contributed by atoms with Gasteiger partial charge < -0.3 is 9.63 Å². The fraction of sp³-hybridized carbons (Fsp3) is 0.714. The largest absolute Gasteiger partial charge is 0.476 e. The van der Waals surface area contributed by atoms with E-state index in [1.165, 1.54) is 18.9 Å². The van der Waals surface area contributed by atoms with E-state index in [-0.39, 0.29) is 5.69 Å². The summed E-state index contributed by atoms with van der Waals surface area (Å²) in [4.78, 5) is 13.0. The summed E-state index contributed by atoms with van der Waals surface area (Å²) in [5, 5.41) is 12.3. The SMILES string of the molecule is CC(C)(C)C1CCN(Cc2cc(C(=O)O)no2)CC1. The van der Waals surface area contributed by atoms with Gasteiger partial charge in [-0.2, -0.15) is 0 Å². The highest BCUT2D eigenvalue weighted by Gasteiger charge is 2.29. The molecule has 0 unspecified atom stereocenters. The average molecular weight is 266 g/mol. The molecule has 0 spiro atoms. The number of nitrogens with zero attached hydrogens (tertiary/aromatic N) is 2. The lowest BCUT2D eigenvalue weighted by Crippen LogP contribution is -2.37. The van der Waals surface area contributed by atoms with Gasteiger partial charge in [-0.15, -0.1) is 0 Å². The lowest BCUT2D eigenvalue weighted by molar-refractivity contribution is 0.0685. The molecule has 1 aliphatic heterocycles. The van der Waals surface area contributed by atoms with Crippen molar-refractivity contribution in [1.29, 1.82) is 0 Å². The van der Waals surface area contributed by atoms with Crippen LogP contribution in [0.4, 0.5) is 0 Å². The Morgan fingerprint density at radius 2 is 2.11 bits per heavy atom. The highest BCUT2D eigenvalue weighted by Crippen LogP contribution is 2.34. The van der Waals surface area contributed by atoms with Crippen molar-refractivity contribution >= 4 is 5.97 Å². The lowest BCUT2D eigenvalue weighted by atomic mass is 9.75. The van der Waals surface area contributed by atoms with Crippen molar-refractivity contribution in [3.8, 4) is 0 Å². The van der Waals surface area contributed by atoms with E-state index in [1.807, 2.05) is 0 Å². The molecular weight excluding hydrogens is 244 g/mol. The average Bonchev–Trinajstić information content (AvgIpc) is 2.77. The molecule has 2 heterocycles. The highest BCUT2D eigenvalue weighted by molar-refractivity contribution is 5.85. The summed E-state index contributed by atoms with van der Waals surface area (Å²) in [6.07, 6.45) is 2.37. The van der Waals surface area contributed by atoms with E-state index in [2.05, 4.69) is 30.8 Å². The zero-order valence-electron chi connectivity index (χ0n) is 11.8. The first-order chi connectivity index (χ1) is 8.86. The van der Waals surface area contributed by atoms with Gasteiger partial charge in [-0.05, 0) is 37.3 Å². The van der Waals surface area contributed by atoms with Gasteiger partial charge in [0.15, 0.2) is 11.5 Å². The van der Waals surface area contributed by atoms with Crippen molar-refractivity contribution in [3.63, 3.8) is 0 Å². The quantitative estimate of drug-likeness (QED) is 0.911. The third-order valence-electron chi connectivity index (χ3n) is 3.97. The Morgan fingerprint density at radius 1 is 1.47 bits per heavy atom. The second-order valence-electron chi connectivity index (χ2n) is 6.40. The number of piperidine rings is 1. The molecule has 19 heavy (non-hydrogen) atoms. The molecule has 0 aliphatic carbocycles. The van der Waals surface area contributed by atoms with Gasteiger partial charge in [0.25, 0.3) is 0 Å². The van der Waals surface area contributed by atoms with E-state index >= 15 is 0 Å². The van der Waals surface area contributed by atoms with Gasteiger partial charge in [-0.25, -0.2) is 4.79 Å². The topological polar surface area (TPSA) is 66.6 Å². The summed E-state index contributed by atoms with van der Waals surface area (Å²) in [5.41, 5.74) is 0.356. The Bertz CT molecular complexity index is 440. The van der Waals surface area contributed by atoms with Crippen LogP contribution in [0.1, 0.15) is 49.9 Å². The number of rotatable bonds is 3. The van der Waals surface area contributed by atoms with Crippen LogP contribution in [0, 0.1) is 11.3 Å². The number of carboxylic acids is 1. The Hall–Kier alpha value is -1.36. The molecule has 0 saturated carbocycles. The van der Waals surface area contributed by atoms with Crippen molar-refractivity contribution in [2.45, 2.75) is 40.2 Å². The minimum absolute atomic E-state index is 0.0143. The summed E-state index contributed by atoms with van der Waals surface area (Å²) >= 11 is 0.